The molecule has 0 radical (unpaired) electrons. The monoisotopic (exact) mass is 264 g/mol. The van der Waals surface area contributed by atoms with Crippen molar-refractivity contribution in [2.75, 3.05) is 32.7 Å². The molecule has 0 saturated heterocycles. The number of likely N-dealkylation sites (N-methyl/N-ethyl adjacent to an activating group) is 1. The molecule has 1 aliphatic rings. The van der Waals surface area contributed by atoms with Crippen molar-refractivity contribution in [1.82, 2.24) is 5.32 Å². The minimum atomic E-state index is -0.208. The Bertz CT molecular complexity index is 419. The highest BCUT2D eigenvalue weighted by Crippen LogP contribution is 2.27. The van der Waals surface area contributed by atoms with E-state index in [0.29, 0.717) is 0 Å². The van der Waals surface area contributed by atoms with E-state index in [1.165, 1.54) is 16.8 Å². The van der Waals surface area contributed by atoms with Gasteiger partial charge in [0.25, 0.3) is 0 Å². The van der Waals surface area contributed by atoms with Crippen molar-refractivity contribution in [3.63, 3.8) is 0 Å². The van der Waals surface area contributed by atoms with E-state index in [9.17, 15) is 0 Å². The number of fused-ring (bicyclic) bond motifs is 1. The number of ether oxygens (including phenoxy) is 2. The Morgan fingerprint density at radius 2 is 2.05 bits per heavy atom. The van der Waals surface area contributed by atoms with Crippen molar-refractivity contribution < 1.29 is 9.47 Å². The van der Waals surface area contributed by atoms with Gasteiger partial charge in [0.1, 0.15) is 0 Å². The van der Waals surface area contributed by atoms with Crippen LogP contribution in [0.2, 0.25) is 0 Å². The largest absolute Gasteiger partial charge is 0.374 e. The molecule has 1 aromatic carbocycles. The van der Waals surface area contributed by atoms with E-state index < -0.39 is 0 Å². The molecule has 19 heavy (non-hydrogen) atoms. The fourth-order valence-electron chi connectivity index (χ4n) is 2.61. The van der Waals surface area contributed by atoms with Gasteiger partial charge < -0.3 is 19.7 Å². The van der Waals surface area contributed by atoms with E-state index in [2.05, 4.69) is 42.4 Å². The highest BCUT2D eigenvalue weighted by Gasteiger charge is 2.17. The average Bonchev–Trinajstić information content (AvgIpc) is 2.79. The van der Waals surface area contributed by atoms with Gasteiger partial charge in [0.2, 0.25) is 0 Å². The Balaban J connectivity index is 1.94. The van der Waals surface area contributed by atoms with Gasteiger partial charge in [-0.25, -0.2) is 0 Å². The molecular weight excluding hydrogens is 240 g/mol. The van der Waals surface area contributed by atoms with E-state index >= 15 is 0 Å². The van der Waals surface area contributed by atoms with Crippen molar-refractivity contribution in [2.24, 2.45) is 0 Å². The molecule has 0 aromatic heterocycles. The minimum Gasteiger partial charge on any atom is -0.374 e. The third-order valence-electron chi connectivity index (χ3n) is 3.77. The summed E-state index contributed by atoms with van der Waals surface area (Å²) in [6.07, 6.45) is 0.939. The van der Waals surface area contributed by atoms with Gasteiger partial charge in [-0.3, -0.25) is 0 Å². The summed E-state index contributed by atoms with van der Waals surface area (Å²) in [4.78, 5) is 2.31. The van der Waals surface area contributed by atoms with Crippen LogP contribution in [0.1, 0.15) is 18.1 Å². The summed E-state index contributed by atoms with van der Waals surface area (Å²) >= 11 is 0. The fourth-order valence-corrected chi connectivity index (χ4v) is 2.61. The molecule has 1 aromatic rings. The first kappa shape index (κ1) is 14.3. The molecule has 1 unspecified atom stereocenters. The van der Waals surface area contributed by atoms with Gasteiger partial charge in [-0.05, 0) is 30.5 Å². The summed E-state index contributed by atoms with van der Waals surface area (Å²) in [6.45, 7) is 4.03. The SMILES string of the molecule is COC(OC)C(C)NCc1ccc2c(c1)CCN2C. The molecule has 1 heterocycles. The number of benzene rings is 1. The highest BCUT2D eigenvalue weighted by atomic mass is 16.7. The summed E-state index contributed by atoms with van der Waals surface area (Å²) in [7, 11) is 5.47. The summed E-state index contributed by atoms with van der Waals surface area (Å²) in [5.74, 6) is 0. The van der Waals surface area contributed by atoms with Crippen molar-refractivity contribution >= 4 is 5.69 Å². The van der Waals surface area contributed by atoms with E-state index in [1.807, 2.05) is 0 Å². The Morgan fingerprint density at radius 1 is 1.32 bits per heavy atom. The van der Waals surface area contributed by atoms with Crippen molar-refractivity contribution in [1.29, 1.82) is 0 Å². The number of hydrogen-bond donors (Lipinski definition) is 1. The van der Waals surface area contributed by atoms with Crippen LogP contribution in [0.3, 0.4) is 0 Å². The first-order valence-electron chi connectivity index (χ1n) is 6.77. The highest BCUT2D eigenvalue weighted by molar-refractivity contribution is 5.58. The van der Waals surface area contributed by atoms with Crippen LogP contribution in [0.25, 0.3) is 0 Å². The molecule has 0 fully saturated rings. The number of methoxy groups -OCH3 is 2. The second-order valence-corrected chi connectivity index (χ2v) is 5.14. The Kier molecular flexibility index (Phi) is 4.80. The molecule has 1 atom stereocenters. The normalized spacial score (nSPS) is 15.9. The van der Waals surface area contributed by atoms with Gasteiger partial charge >= 0.3 is 0 Å². The lowest BCUT2D eigenvalue weighted by Gasteiger charge is -2.22. The molecular formula is C15H24N2O2. The van der Waals surface area contributed by atoms with Crippen LogP contribution in [0.15, 0.2) is 18.2 Å². The molecule has 4 nitrogen and oxygen atoms in total. The van der Waals surface area contributed by atoms with Crippen molar-refractivity contribution in [2.45, 2.75) is 32.2 Å². The third kappa shape index (κ3) is 3.26. The van der Waals surface area contributed by atoms with Gasteiger partial charge in [-0.15, -0.1) is 0 Å². The van der Waals surface area contributed by atoms with E-state index in [0.717, 1.165) is 19.5 Å². The lowest BCUT2D eigenvalue weighted by molar-refractivity contribution is -0.119. The van der Waals surface area contributed by atoms with Gasteiger partial charge in [0.15, 0.2) is 6.29 Å². The van der Waals surface area contributed by atoms with E-state index in [4.69, 9.17) is 9.47 Å². The first-order chi connectivity index (χ1) is 9.15. The molecule has 106 valence electrons. The maximum Gasteiger partial charge on any atom is 0.171 e. The summed E-state index contributed by atoms with van der Waals surface area (Å²) in [6, 6.07) is 6.86. The molecule has 0 spiro atoms. The zero-order valence-electron chi connectivity index (χ0n) is 12.3. The second-order valence-electron chi connectivity index (χ2n) is 5.14. The Labute approximate surface area is 115 Å². The third-order valence-corrected chi connectivity index (χ3v) is 3.77. The average molecular weight is 264 g/mol. The number of nitrogens with zero attached hydrogens (tertiary/aromatic N) is 1. The van der Waals surface area contributed by atoms with Crippen molar-refractivity contribution in [3.05, 3.63) is 29.3 Å². The second kappa shape index (κ2) is 6.37. The predicted molar refractivity (Wildman–Crippen MR) is 77.5 cm³/mol. The topological polar surface area (TPSA) is 33.7 Å². The van der Waals surface area contributed by atoms with Crippen LogP contribution in [-0.4, -0.2) is 40.1 Å². The quantitative estimate of drug-likeness (QED) is 0.794. The zero-order valence-corrected chi connectivity index (χ0v) is 12.3. The van der Waals surface area contributed by atoms with Crippen LogP contribution < -0.4 is 10.2 Å². The number of hydrogen-bond acceptors (Lipinski definition) is 4. The maximum absolute atomic E-state index is 5.25. The minimum absolute atomic E-state index is 0.158. The number of nitrogens with one attached hydrogen (secondary N) is 1. The predicted octanol–water partition coefficient (Wildman–Crippen LogP) is 1.78. The maximum atomic E-state index is 5.25. The fraction of sp³-hybridized carbons (Fsp3) is 0.600. The number of anilines is 1. The molecule has 0 saturated carbocycles. The summed E-state index contributed by atoms with van der Waals surface area (Å²) in [5, 5.41) is 3.44. The Morgan fingerprint density at radius 3 is 2.74 bits per heavy atom. The molecule has 1 N–H and O–H groups in total. The molecule has 1 aliphatic heterocycles. The molecule has 0 bridgehead atoms. The molecule has 4 heteroatoms. The van der Waals surface area contributed by atoms with Crippen LogP contribution >= 0.6 is 0 Å². The van der Waals surface area contributed by atoms with Crippen LogP contribution in [-0.2, 0) is 22.4 Å². The van der Waals surface area contributed by atoms with Crippen molar-refractivity contribution in [3.8, 4) is 0 Å². The summed E-state index contributed by atoms with van der Waals surface area (Å²) in [5.41, 5.74) is 4.12. The van der Waals surface area contributed by atoms with Crippen LogP contribution in [0.4, 0.5) is 5.69 Å². The van der Waals surface area contributed by atoms with E-state index in [1.54, 1.807) is 14.2 Å². The lowest BCUT2D eigenvalue weighted by atomic mass is 10.1. The smallest absolute Gasteiger partial charge is 0.171 e. The zero-order chi connectivity index (χ0) is 13.8. The van der Waals surface area contributed by atoms with Crippen LogP contribution in [0.5, 0.6) is 0 Å². The van der Waals surface area contributed by atoms with E-state index in [-0.39, 0.29) is 12.3 Å². The Hall–Kier alpha value is -1.10. The van der Waals surface area contributed by atoms with Crippen LogP contribution in [0, 0.1) is 0 Å². The van der Waals surface area contributed by atoms with Gasteiger partial charge in [-0.1, -0.05) is 12.1 Å². The van der Waals surface area contributed by atoms with Gasteiger partial charge in [0, 0.05) is 40.0 Å². The number of rotatable bonds is 6. The first-order valence-corrected chi connectivity index (χ1v) is 6.77. The standard InChI is InChI=1S/C15H24N2O2/c1-11(15(18-3)19-4)16-10-12-5-6-14-13(9-12)7-8-17(14)2/h5-6,9,11,15-16H,7-8,10H2,1-4H3. The lowest BCUT2D eigenvalue weighted by Crippen LogP contribution is -2.39. The van der Waals surface area contributed by atoms with Gasteiger partial charge in [0.05, 0.1) is 6.04 Å². The van der Waals surface area contributed by atoms with Gasteiger partial charge in [-0.2, -0.15) is 0 Å². The summed E-state index contributed by atoms with van der Waals surface area (Å²) < 4.78 is 10.5. The molecule has 0 aliphatic carbocycles. The molecule has 0 amide bonds. The molecule has 2 rings (SSSR count).